The van der Waals surface area contributed by atoms with Crippen LogP contribution >= 0.6 is 0 Å². The van der Waals surface area contributed by atoms with Crippen molar-refractivity contribution < 1.29 is 17.9 Å². The van der Waals surface area contributed by atoms with Gasteiger partial charge in [0.25, 0.3) is 10.0 Å². The van der Waals surface area contributed by atoms with Crippen molar-refractivity contribution in [1.29, 1.82) is 0 Å². The van der Waals surface area contributed by atoms with Gasteiger partial charge in [-0.2, -0.15) is 0 Å². The maximum Gasteiger partial charge on any atom is 0.264 e. The molecule has 1 N–H and O–H groups in total. The molecule has 120 valence electrons. The van der Waals surface area contributed by atoms with Crippen LogP contribution in [0.25, 0.3) is 10.8 Å². The lowest BCUT2D eigenvalue weighted by atomic mass is 9.89. The molecule has 2 aliphatic heterocycles. The van der Waals surface area contributed by atoms with E-state index in [-0.39, 0.29) is 23.0 Å². The molecule has 2 saturated heterocycles. The third-order valence-electron chi connectivity index (χ3n) is 4.61. The summed E-state index contributed by atoms with van der Waals surface area (Å²) in [5.74, 6) is -0.844. The summed E-state index contributed by atoms with van der Waals surface area (Å²) in [5.41, 5.74) is 0. The Bertz CT molecular complexity index is 875. The molecule has 3 unspecified atom stereocenters. The topological polar surface area (TPSA) is 85.4 Å². The van der Waals surface area contributed by atoms with Crippen LogP contribution in [0.2, 0.25) is 0 Å². The number of sulfonamides is 1. The van der Waals surface area contributed by atoms with Crippen molar-refractivity contribution in [3.05, 3.63) is 36.7 Å². The second-order valence-electron chi connectivity index (χ2n) is 6.04. The molecular formula is C16H16N2O4S. The highest BCUT2D eigenvalue weighted by Gasteiger charge is 2.45. The van der Waals surface area contributed by atoms with Gasteiger partial charge in [0, 0.05) is 23.2 Å². The van der Waals surface area contributed by atoms with Gasteiger partial charge in [0.05, 0.1) is 23.0 Å². The molecule has 6 nitrogen and oxygen atoms in total. The minimum atomic E-state index is -3.92. The van der Waals surface area contributed by atoms with E-state index in [1.54, 1.807) is 24.4 Å². The molecule has 2 aliphatic rings. The molecule has 3 heterocycles. The van der Waals surface area contributed by atoms with Crippen molar-refractivity contribution in [1.82, 2.24) is 9.71 Å². The number of rotatable bonds is 3. The summed E-state index contributed by atoms with van der Waals surface area (Å²) >= 11 is 0. The standard InChI is InChI=1S/C16H16N2O4S/c19-16(13-8-11-4-5-14(13)22-11)18-23(20,21)15-3-1-2-10-9-17-7-6-12(10)15/h1-3,6-7,9,11,13-14H,4-5,8H2,(H,18,19). The first-order valence-corrected chi connectivity index (χ1v) is 9.08. The first-order valence-electron chi connectivity index (χ1n) is 7.59. The van der Waals surface area contributed by atoms with Crippen LogP contribution in [-0.2, 0) is 19.6 Å². The molecule has 0 aliphatic carbocycles. The van der Waals surface area contributed by atoms with Gasteiger partial charge in [-0.3, -0.25) is 9.78 Å². The highest BCUT2D eigenvalue weighted by Crippen LogP contribution is 2.39. The van der Waals surface area contributed by atoms with Crippen molar-refractivity contribution in [2.24, 2.45) is 5.92 Å². The van der Waals surface area contributed by atoms with Gasteiger partial charge < -0.3 is 4.74 Å². The third-order valence-corrected chi connectivity index (χ3v) is 6.01. The summed E-state index contributed by atoms with van der Waals surface area (Å²) in [5, 5.41) is 1.26. The zero-order valence-corrected chi connectivity index (χ0v) is 13.1. The summed E-state index contributed by atoms with van der Waals surface area (Å²) in [6.45, 7) is 0. The Kier molecular flexibility index (Phi) is 3.35. The predicted molar refractivity (Wildman–Crippen MR) is 83.1 cm³/mol. The molecule has 4 rings (SSSR count). The van der Waals surface area contributed by atoms with Crippen LogP contribution < -0.4 is 4.72 Å². The number of nitrogens with zero attached hydrogens (tertiary/aromatic N) is 1. The molecule has 0 saturated carbocycles. The van der Waals surface area contributed by atoms with E-state index < -0.39 is 15.9 Å². The smallest absolute Gasteiger partial charge is 0.264 e. The lowest BCUT2D eigenvalue weighted by Crippen LogP contribution is -2.39. The van der Waals surface area contributed by atoms with E-state index in [0.29, 0.717) is 17.2 Å². The Morgan fingerprint density at radius 1 is 1.26 bits per heavy atom. The highest BCUT2D eigenvalue weighted by molar-refractivity contribution is 7.90. The first-order chi connectivity index (χ1) is 11.0. The fraction of sp³-hybridized carbons (Fsp3) is 0.375. The SMILES string of the molecule is O=C(NS(=O)(=O)c1cccc2cnccc12)C1CC2CCC1O2. The molecule has 2 aromatic rings. The summed E-state index contributed by atoms with van der Waals surface area (Å²) in [7, 11) is -3.92. The summed E-state index contributed by atoms with van der Waals surface area (Å²) in [6, 6.07) is 6.56. The monoisotopic (exact) mass is 332 g/mol. The number of pyridine rings is 1. The van der Waals surface area contributed by atoms with Crippen LogP contribution in [0.5, 0.6) is 0 Å². The van der Waals surface area contributed by atoms with Crippen LogP contribution in [0.4, 0.5) is 0 Å². The maximum absolute atomic E-state index is 12.6. The highest BCUT2D eigenvalue weighted by atomic mass is 32.2. The molecule has 1 aromatic heterocycles. The number of carbonyl (C=O) groups is 1. The van der Waals surface area contributed by atoms with Gasteiger partial charge in [-0.1, -0.05) is 12.1 Å². The Labute approximate surface area is 133 Å². The quantitative estimate of drug-likeness (QED) is 0.923. The molecule has 0 radical (unpaired) electrons. The van der Waals surface area contributed by atoms with Gasteiger partial charge >= 0.3 is 0 Å². The summed E-state index contributed by atoms with van der Waals surface area (Å²) in [6.07, 6.45) is 5.47. The molecule has 1 aromatic carbocycles. The number of amides is 1. The third kappa shape index (κ3) is 2.49. The van der Waals surface area contributed by atoms with Crippen LogP contribution in [0.15, 0.2) is 41.6 Å². The van der Waals surface area contributed by atoms with Crippen molar-refractivity contribution in [2.75, 3.05) is 0 Å². The minimum absolute atomic E-state index is 0.0924. The van der Waals surface area contributed by atoms with Crippen molar-refractivity contribution in [3.63, 3.8) is 0 Å². The van der Waals surface area contributed by atoms with E-state index in [0.717, 1.165) is 12.8 Å². The van der Waals surface area contributed by atoms with Crippen molar-refractivity contribution in [2.45, 2.75) is 36.4 Å². The molecule has 7 heteroatoms. The number of hydrogen-bond donors (Lipinski definition) is 1. The summed E-state index contributed by atoms with van der Waals surface area (Å²) in [4.78, 5) is 16.5. The number of benzene rings is 1. The number of ether oxygens (including phenoxy) is 1. The van der Waals surface area contributed by atoms with E-state index in [1.807, 2.05) is 0 Å². The Morgan fingerprint density at radius 3 is 2.87 bits per heavy atom. The van der Waals surface area contributed by atoms with Gasteiger partial charge in [0.1, 0.15) is 0 Å². The summed E-state index contributed by atoms with van der Waals surface area (Å²) < 4.78 is 33.1. The Balaban J connectivity index is 1.63. The van der Waals surface area contributed by atoms with E-state index in [9.17, 15) is 13.2 Å². The van der Waals surface area contributed by atoms with E-state index in [4.69, 9.17) is 4.74 Å². The molecule has 2 fully saturated rings. The fourth-order valence-electron chi connectivity index (χ4n) is 3.50. The first kappa shape index (κ1) is 14.6. The van der Waals surface area contributed by atoms with E-state index in [2.05, 4.69) is 9.71 Å². The van der Waals surface area contributed by atoms with E-state index in [1.165, 1.54) is 12.3 Å². The van der Waals surface area contributed by atoms with Crippen LogP contribution in [-0.4, -0.2) is 31.5 Å². The van der Waals surface area contributed by atoms with Crippen LogP contribution in [0.3, 0.4) is 0 Å². The van der Waals surface area contributed by atoms with Crippen LogP contribution in [0.1, 0.15) is 19.3 Å². The normalized spacial score (nSPS) is 26.5. The minimum Gasteiger partial charge on any atom is -0.374 e. The second kappa shape index (κ2) is 5.28. The average Bonchev–Trinajstić information content (AvgIpc) is 3.17. The largest absolute Gasteiger partial charge is 0.374 e. The van der Waals surface area contributed by atoms with E-state index >= 15 is 0 Å². The molecule has 0 spiro atoms. The number of fused-ring (bicyclic) bond motifs is 3. The molecule has 3 atom stereocenters. The Morgan fingerprint density at radius 2 is 2.13 bits per heavy atom. The number of carbonyl (C=O) groups excluding carboxylic acids is 1. The fourth-order valence-corrected chi connectivity index (χ4v) is 4.76. The maximum atomic E-state index is 12.6. The van der Waals surface area contributed by atoms with Gasteiger partial charge in [-0.25, -0.2) is 13.1 Å². The lowest BCUT2D eigenvalue weighted by molar-refractivity contribution is -0.124. The molecule has 23 heavy (non-hydrogen) atoms. The number of hydrogen-bond acceptors (Lipinski definition) is 5. The predicted octanol–water partition coefficient (Wildman–Crippen LogP) is 1.61. The average molecular weight is 332 g/mol. The second-order valence-corrected chi connectivity index (χ2v) is 7.69. The van der Waals surface area contributed by atoms with Gasteiger partial charge in [0.15, 0.2) is 0 Å². The van der Waals surface area contributed by atoms with Crippen LogP contribution in [0, 0.1) is 5.92 Å². The molecule has 1 amide bonds. The Hall–Kier alpha value is -1.99. The zero-order valence-electron chi connectivity index (χ0n) is 12.3. The van der Waals surface area contributed by atoms with Gasteiger partial charge in [-0.05, 0) is 31.4 Å². The van der Waals surface area contributed by atoms with Crippen molar-refractivity contribution in [3.8, 4) is 0 Å². The lowest BCUT2D eigenvalue weighted by Gasteiger charge is -2.18. The van der Waals surface area contributed by atoms with Gasteiger partial charge in [-0.15, -0.1) is 0 Å². The number of nitrogens with one attached hydrogen (secondary N) is 1. The number of aromatic nitrogens is 1. The molecular weight excluding hydrogens is 316 g/mol. The zero-order chi connectivity index (χ0) is 16.0. The van der Waals surface area contributed by atoms with Gasteiger partial charge in [0.2, 0.25) is 5.91 Å². The molecule has 2 bridgehead atoms. The van der Waals surface area contributed by atoms with Crippen molar-refractivity contribution >= 4 is 26.7 Å².